The van der Waals surface area contributed by atoms with Crippen LogP contribution in [0.1, 0.15) is 0 Å². The van der Waals surface area contributed by atoms with Gasteiger partial charge >= 0.3 is 0 Å². The van der Waals surface area contributed by atoms with E-state index in [1.165, 1.54) is 102 Å². The van der Waals surface area contributed by atoms with Crippen molar-refractivity contribution in [3.05, 3.63) is 176 Å². The van der Waals surface area contributed by atoms with Crippen molar-refractivity contribution in [2.45, 2.75) is 0 Å². The summed E-state index contributed by atoms with van der Waals surface area (Å²) in [6.45, 7) is 0. The van der Waals surface area contributed by atoms with Crippen LogP contribution >= 0.6 is 11.3 Å². The SMILES string of the molecule is c1ccc(-n2c3ccccc3c3cc4c5ccc(-c6cccc(-c7cccc8c7sc7ccccc78)c6)cc5c5ccccc5c4cc32)cc1. The first-order valence-electron chi connectivity index (χ1n) is 17.2. The summed E-state index contributed by atoms with van der Waals surface area (Å²) in [6, 6.07) is 64.9. The molecule has 0 unspecified atom stereocenters. The average Bonchev–Trinajstić information content (AvgIpc) is 3.73. The molecule has 0 saturated carbocycles. The van der Waals surface area contributed by atoms with Crippen LogP contribution in [0.4, 0.5) is 0 Å². The van der Waals surface area contributed by atoms with Crippen molar-refractivity contribution in [1.29, 1.82) is 0 Å². The Bertz CT molecular complexity index is 3140. The zero-order valence-electron chi connectivity index (χ0n) is 27.1. The van der Waals surface area contributed by atoms with Gasteiger partial charge in [0.2, 0.25) is 0 Å². The normalized spacial score (nSPS) is 12.0. The summed E-state index contributed by atoms with van der Waals surface area (Å²) in [5.41, 5.74) is 8.64. The number of para-hydroxylation sites is 2. The second-order valence-electron chi connectivity index (χ2n) is 13.3. The van der Waals surface area contributed by atoms with Crippen LogP contribution in [0.2, 0.25) is 0 Å². The number of thiophene rings is 1. The first kappa shape index (κ1) is 27.7. The predicted molar refractivity (Wildman–Crippen MR) is 217 cm³/mol. The van der Waals surface area contributed by atoms with Gasteiger partial charge in [0, 0.05) is 36.6 Å². The molecule has 0 aliphatic rings. The summed E-state index contributed by atoms with van der Waals surface area (Å²) in [4.78, 5) is 0. The molecule has 2 aromatic heterocycles. The van der Waals surface area contributed by atoms with Gasteiger partial charge in [-0.25, -0.2) is 0 Å². The fraction of sp³-hybridized carbons (Fsp3) is 0. The van der Waals surface area contributed by atoms with Gasteiger partial charge in [0.05, 0.1) is 11.0 Å². The van der Waals surface area contributed by atoms with Gasteiger partial charge < -0.3 is 4.57 Å². The summed E-state index contributed by atoms with van der Waals surface area (Å²) in [5.74, 6) is 0. The lowest BCUT2D eigenvalue weighted by atomic mass is 9.90. The van der Waals surface area contributed by atoms with E-state index in [4.69, 9.17) is 0 Å². The van der Waals surface area contributed by atoms with Crippen LogP contribution in [0, 0.1) is 0 Å². The molecular formula is C48H29NS. The van der Waals surface area contributed by atoms with Gasteiger partial charge in [0.1, 0.15) is 0 Å². The van der Waals surface area contributed by atoms with Crippen molar-refractivity contribution < 1.29 is 0 Å². The average molecular weight is 652 g/mol. The van der Waals surface area contributed by atoms with E-state index in [0.29, 0.717) is 0 Å². The highest BCUT2D eigenvalue weighted by molar-refractivity contribution is 7.26. The van der Waals surface area contributed by atoms with E-state index in [1.807, 2.05) is 11.3 Å². The highest BCUT2D eigenvalue weighted by atomic mass is 32.1. The molecule has 0 bridgehead atoms. The summed E-state index contributed by atoms with van der Waals surface area (Å²) < 4.78 is 5.10. The van der Waals surface area contributed by atoms with Crippen molar-refractivity contribution >= 4 is 85.6 Å². The van der Waals surface area contributed by atoms with E-state index in [9.17, 15) is 0 Å². The number of benzene rings is 9. The van der Waals surface area contributed by atoms with E-state index in [-0.39, 0.29) is 0 Å². The van der Waals surface area contributed by atoms with Crippen molar-refractivity contribution in [2.75, 3.05) is 0 Å². The molecule has 0 aliphatic heterocycles. The third-order valence-electron chi connectivity index (χ3n) is 10.6. The minimum absolute atomic E-state index is 1.18. The van der Waals surface area contributed by atoms with Crippen LogP contribution in [0.3, 0.4) is 0 Å². The minimum atomic E-state index is 1.18. The highest BCUT2D eigenvalue weighted by Gasteiger charge is 2.17. The lowest BCUT2D eigenvalue weighted by Gasteiger charge is -2.14. The third-order valence-corrected chi connectivity index (χ3v) is 11.8. The van der Waals surface area contributed by atoms with Crippen molar-refractivity contribution in [1.82, 2.24) is 4.57 Å². The second-order valence-corrected chi connectivity index (χ2v) is 14.3. The van der Waals surface area contributed by atoms with Gasteiger partial charge in [0.15, 0.2) is 0 Å². The predicted octanol–water partition coefficient (Wildman–Crippen LogP) is 13.9. The second kappa shape index (κ2) is 10.6. The molecule has 2 heterocycles. The van der Waals surface area contributed by atoms with Crippen LogP contribution in [0.5, 0.6) is 0 Å². The van der Waals surface area contributed by atoms with Crippen molar-refractivity contribution in [3.63, 3.8) is 0 Å². The quantitative estimate of drug-likeness (QED) is 0.168. The highest BCUT2D eigenvalue weighted by Crippen LogP contribution is 2.43. The molecule has 50 heavy (non-hydrogen) atoms. The molecule has 9 aromatic carbocycles. The topological polar surface area (TPSA) is 4.93 Å². The van der Waals surface area contributed by atoms with Crippen LogP contribution in [-0.2, 0) is 0 Å². The molecule has 11 aromatic rings. The van der Waals surface area contributed by atoms with Crippen LogP contribution in [0.15, 0.2) is 176 Å². The van der Waals surface area contributed by atoms with E-state index in [1.54, 1.807) is 0 Å². The molecule has 232 valence electrons. The molecule has 11 rings (SSSR count). The largest absolute Gasteiger partial charge is 0.309 e. The van der Waals surface area contributed by atoms with E-state index < -0.39 is 0 Å². The van der Waals surface area contributed by atoms with Gasteiger partial charge in [-0.3, -0.25) is 0 Å². The Kier molecular flexibility index (Phi) is 5.89. The first-order chi connectivity index (χ1) is 24.8. The first-order valence-corrected chi connectivity index (χ1v) is 18.0. The Morgan fingerprint density at radius 1 is 0.320 bits per heavy atom. The number of hydrogen-bond acceptors (Lipinski definition) is 1. The van der Waals surface area contributed by atoms with E-state index in [2.05, 4.69) is 180 Å². The lowest BCUT2D eigenvalue weighted by Crippen LogP contribution is -1.93. The third kappa shape index (κ3) is 4.00. The zero-order valence-corrected chi connectivity index (χ0v) is 27.9. The number of aromatic nitrogens is 1. The maximum atomic E-state index is 2.44. The maximum Gasteiger partial charge on any atom is 0.0547 e. The summed E-state index contributed by atoms with van der Waals surface area (Å²) >= 11 is 1.89. The van der Waals surface area contributed by atoms with Crippen molar-refractivity contribution in [3.8, 4) is 27.9 Å². The number of hydrogen-bond donors (Lipinski definition) is 0. The van der Waals surface area contributed by atoms with Gasteiger partial charge in [-0.2, -0.15) is 0 Å². The molecule has 0 atom stereocenters. The Balaban J connectivity index is 1.14. The molecule has 0 N–H and O–H groups in total. The number of fused-ring (bicyclic) bond motifs is 12. The molecule has 0 saturated heterocycles. The summed E-state index contributed by atoms with van der Waals surface area (Å²) in [6.07, 6.45) is 0. The Morgan fingerprint density at radius 3 is 1.80 bits per heavy atom. The molecule has 0 aliphatic carbocycles. The Hall–Kier alpha value is -6.22. The molecule has 0 spiro atoms. The molecule has 0 fully saturated rings. The Morgan fingerprint density at radius 2 is 0.940 bits per heavy atom. The standard InChI is InChI=1S/C48H29NS/c1-2-14-33(15-3-1)49-45-22-8-6-18-38(45)44-28-42-37-25-24-31(27-41(37)35-16-4-5-17-36(35)43(42)29-46(44)49)30-12-10-13-32(26-30)34-20-11-21-40-39-19-7-9-23-47(39)50-48(34)40/h1-29H. The summed E-state index contributed by atoms with van der Waals surface area (Å²) in [5, 5.41) is 12.9. The van der Waals surface area contributed by atoms with Crippen LogP contribution < -0.4 is 0 Å². The van der Waals surface area contributed by atoms with E-state index in [0.717, 1.165) is 0 Å². The Labute approximate surface area is 292 Å². The van der Waals surface area contributed by atoms with Gasteiger partial charge in [-0.15, -0.1) is 11.3 Å². The van der Waals surface area contributed by atoms with Crippen LogP contribution in [0.25, 0.3) is 102 Å². The molecule has 0 amide bonds. The summed E-state index contributed by atoms with van der Waals surface area (Å²) in [7, 11) is 0. The van der Waals surface area contributed by atoms with E-state index >= 15 is 0 Å². The maximum absolute atomic E-state index is 2.44. The van der Waals surface area contributed by atoms with Gasteiger partial charge in [-0.05, 0) is 103 Å². The molecule has 0 radical (unpaired) electrons. The number of rotatable bonds is 3. The van der Waals surface area contributed by atoms with Gasteiger partial charge in [0.25, 0.3) is 0 Å². The smallest absolute Gasteiger partial charge is 0.0547 e. The number of nitrogens with zero attached hydrogens (tertiary/aromatic N) is 1. The van der Waals surface area contributed by atoms with Crippen LogP contribution in [-0.4, -0.2) is 4.57 Å². The fourth-order valence-electron chi connectivity index (χ4n) is 8.29. The molecular weight excluding hydrogens is 623 g/mol. The lowest BCUT2D eigenvalue weighted by molar-refractivity contribution is 1.18. The monoisotopic (exact) mass is 651 g/mol. The fourth-order valence-corrected chi connectivity index (χ4v) is 9.53. The van der Waals surface area contributed by atoms with Gasteiger partial charge in [-0.1, -0.05) is 127 Å². The molecule has 2 heteroatoms. The zero-order chi connectivity index (χ0) is 32.8. The minimum Gasteiger partial charge on any atom is -0.309 e. The van der Waals surface area contributed by atoms with Crippen molar-refractivity contribution in [2.24, 2.45) is 0 Å². The molecule has 1 nitrogen and oxygen atoms in total.